The van der Waals surface area contributed by atoms with Gasteiger partial charge >= 0.3 is 24.4 Å². The van der Waals surface area contributed by atoms with Crippen LogP contribution in [0, 0.1) is 22.7 Å². The molecule has 0 aromatic heterocycles. The Morgan fingerprint density at radius 1 is 0.652 bits per heavy atom. The van der Waals surface area contributed by atoms with E-state index in [-0.39, 0.29) is 24.5 Å². The van der Waals surface area contributed by atoms with Crippen LogP contribution in [0.5, 0.6) is 0 Å². The van der Waals surface area contributed by atoms with Crippen molar-refractivity contribution in [3.63, 3.8) is 0 Å². The third-order valence-electron chi connectivity index (χ3n) is 7.76. The first-order valence-corrected chi connectivity index (χ1v) is 13.4. The number of carbonyl (C=O) groups is 4. The topological polar surface area (TPSA) is 129 Å². The minimum absolute atomic E-state index is 0.249. The van der Waals surface area contributed by atoms with Gasteiger partial charge in [-0.05, 0) is 64.1 Å². The Kier molecular flexibility index (Phi) is 8.16. The van der Waals surface area contributed by atoms with Crippen LogP contribution in [0.25, 0.3) is 0 Å². The number of nitrogens with zero attached hydrogens (tertiary/aromatic N) is 6. The summed E-state index contributed by atoms with van der Waals surface area (Å²) in [5.41, 5.74) is -7.83. The first-order chi connectivity index (χ1) is 21.2. The van der Waals surface area contributed by atoms with Crippen LogP contribution in [-0.4, -0.2) is 57.8 Å². The summed E-state index contributed by atoms with van der Waals surface area (Å²) in [6.07, 6.45) is -7.08. The Morgan fingerprint density at radius 3 is 1.26 bits per heavy atom. The predicted octanol–water partition coefficient (Wildman–Crippen LogP) is 5.82. The van der Waals surface area contributed by atoms with Gasteiger partial charge < -0.3 is 9.80 Å². The Morgan fingerprint density at radius 2 is 0.978 bits per heavy atom. The SMILES string of the molecule is CC1(C)C(=O)N(c2ccc(C#N)c(C(F)(F)F)c2)C(=O)N1C/C=C\CN1C(=O)N(c2ccc(C#N)c(C(F)(F)F)c2)C(=O)C1(C)C. The summed E-state index contributed by atoms with van der Waals surface area (Å²) >= 11 is 0. The van der Waals surface area contributed by atoms with Crippen LogP contribution in [-0.2, 0) is 21.9 Å². The first-order valence-electron chi connectivity index (χ1n) is 13.4. The normalized spacial score (nSPS) is 18.2. The molecule has 2 aliphatic heterocycles. The van der Waals surface area contributed by atoms with Crippen LogP contribution in [0.4, 0.5) is 47.3 Å². The molecule has 0 saturated carbocycles. The largest absolute Gasteiger partial charge is 0.417 e. The molecule has 2 aromatic carbocycles. The van der Waals surface area contributed by atoms with Gasteiger partial charge in [-0.2, -0.15) is 36.9 Å². The average molecular weight is 647 g/mol. The summed E-state index contributed by atoms with van der Waals surface area (Å²) < 4.78 is 81.1. The number of imide groups is 2. The van der Waals surface area contributed by atoms with Crippen LogP contribution in [0.3, 0.4) is 0 Å². The van der Waals surface area contributed by atoms with Gasteiger partial charge in [-0.3, -0.25) is 9.59 Å². The number of halogens is 6. The summed E-state index contributed by atoms with van der Waals surface area (Å²) in [7, 11) is 0. The number of nitriles is 2. The lowest BCUT2D eigenvalue weighted by atomic mass is 10.0. The summed E-state index contributed by atoms with van der Waals surface area (Å²) in [4.78, 5) is 56.2. The van der Waals surface area contributed by atoms with Crippen LogP contribution in [0.2, 0.25) is 0 Å². The van der Waals surface area contributed by atoms with Crippen molar-refractivity contribution in [1.82, 2.24) is 9.80 Å². The van der Waals surface area contributed by atoms with E-state index in [9.17, 15) is 45.5 Å². The molecule has 0 N–H and O–H groups in total. The maximum Gasteiger partial charge on any atom is 0.417 e. The number of urea groups is 2. The maximum absolute atomic E-state index is 13.5. The third kappa shape index (κ3) is 5.51. The van der Waals surface area contributed by atoms with Crippen molar-refractivity contribution >= 4 is 35.3 Å². The highest BCUT2D eigenvalue weighted by atomic mass is 19.4. The molecular weight excluding hydrogens is 622 g/mol. The zero-order valence-corrected chi connectivity index (χ0v) is 24.6. The second-order valence-corrected chi connectivity index (χ2v) is 11.3. The molecule has 2 saturated heterocycles. The van der Waals surface area contributed by atoms with Crippen molar-refractivity contribution in [3.05, 3.63) is 70.8 Å². The number of carbonyl (C=O) groups excluding carboxylic acids is 4. The van der Waals surface area contributed by atoms with Crippen molar-refractivity contribution in [2.45, 2.75) is 51.1 Å². The molecule has 2 aliphatic rings. The van der Waals surface area contributed by atoms with Crippen molar-refractivity contribution < 1.29 is 45.5 Å². The molecule has 0 unspecified atom stereocenters. The van der Waals surface area contributed by atoms with Crippen molar-refractivity contribution in [1.29, 1.82) is 10.5 Å². The summed E-state index contributed by atoms with van der Waals surface area (Å²) in [5.74, 6) is -1.66. The highest BCUT2D eigenvalue weighted by molar-refractivity contribution is 6.23. The van der Waals surface area contributed by atoms with Gasteiger partial charge in [-0.25, -0.2) is 19.4 Å². The van der Waals surface area contributed by atoms with Gasteiger partial charge in [0.2, 0.25) is 0 Å². The van der Waals surface area contributed by atoms with Gasteiger partial charge in [0.05, 0.1) is 45.8 Å². The molecule has 0 radical (unpaired) electrons. The molecule has 2 aromatic rings. The third-order valence-corrected chi connectivity index (χ3v) is 7.76. The number of alkyl halides is 6. The zero-order chi connectivity index (χ0) is 34.6. The number of benzene rings is 2. The predicted molar refractivity (Wildman–Crippen MR) is 149 cm³/mol. The number of amides is 6. The van der Waals surface area contributed by atoms with Crippen molar-refractivity contribution in [2.24, 2.45) is 0 Å². The van der Waals surface area contributed by atoms with Crippen LogP contribution < -0.4 is 9.80 Å². The molecule has 46 heavy (non-hydrogen) atoms. The van der Waals surface area contributed by atoms with Gasteiger partial charge in [0, 0.05) is 13.1 Å². The molecular formula is C30H24F6N6O4. The Balaban J connectivity index is 1.55. The van der Waals surface area contributed by atoms with Gasteiger partial charge in [0.15, 0.2) is 0 Å². The van der Waals surface area contributed by atoms with E-state index in [0.717, 1.165) is 34.1 Å². The minimum atomic E-state index is -4.93. The summed E-state index contributed by atoms with van der Waals surface area (Å²) in [6.45, 7) is 5.03. The maximum atomic E-state index is 13.5. The lowest BCUT2D eigenvalue weighted by molar-refractivity contribution is -0.138. The lowest BCUT2D eigenvalue weighted by Gasteiger charge is -2.27. The minimum Gasteiger partial charge on any atom is -0.306 e. The second-order valence-electron chi connectivity index (χ2n) is 11.3. The van der Waals surface area contributed by atoms with Crippen LogP contribution in [0.15, 0.2) is 48.6 Å². The Hall–Kier alpha value is -5.38. The van der Waals surface area contributed by atoms with Gasteiger partial charge in [-0.1, -0.05) is 12.2 Å². The average Bonchev–Trinajstić information content (AvgIpc) is 3.24. The van der Waals surface area contributed by atoms with Crippen LogP contribution in [0.1, 0.15) is 49.9 Å². The molecule has 4 rings (SSSR count). The van der Waals surface area contributed by atoms with Gasteiger partial charge in [-0.15, -0.1) is 0 Å². The Labute approximate surface area is 258 Å². The molecule has 240 valence electrons. The molecule has 0 atom stereocenters. The summed E-state index contributed by atoms with van der Waals surface area (Å²) in [5, 5.41) is 18.1. The molecule has 0 aliphatic carbocycles. The van der Waals surface area contributed by atoms with E-state index < -0.39 is 69.6 Å². The molecule has 0 spiro atoms. The highest BCUT2D eigenvalue weighted by Gasteiger charge is 2.53. The lowest BCUT2D eigenvalue weighted by Crippen LogP contribution is -2.45. The van der Waals surface area contributed by atoms with Gasteiger partial charge in [0.1, 0.15) is 11.1 Å². The number of hydrogen-bond donors (Lipinski definition) is 0. The molecule has 6 amide bonds. The first kappa shape index (κ1) is 33.5. The van der Waals surface area contributed by atoms with E-state index in [1.165, 1.54) is 52.0 Å². The molecule has 10 nitrogen and oxygen atoms in total. The zero-order valence-electron chi connectivity index (χ0n) is 24.6. The fourth-order valence-electron chi connectivity index (χ4n) is 5.11. The van der Waals surface area contributed by atoms with E-state index in [1.807, 2.05) is 0 Å². The van der Waals surface area contributed by atoms with E-state index in [2.05, 4.69) is 0 Å². The number of anilines is 2. The van der Waals surface area contributed by atoms with Gasteiger partial charge in [0.25, 0.3) is 11.8 Å². The van der Waals surface area contributed by atoms with Crippen LogP contribution >= 0.6 is 0 Å². The fourth-order valence-corrected chi connectivity index (χ4v) is 5.11. The van der Waals surface area contributed by atoms with Crippen molar-refractivity contribution in [3.8, 4) is 12.1 Å². The van der Waals surface area contributed by atoms with Crippen molar-refractivity contribution in [2.75, 3.05) is 22.9 Å². The quantitative estimate of drug-likeness (QED) is 0.221. The number of rotatable bonds is 6. The highest BCUT2D eigenvalue weighted by Crippen LogP contribution is 2.39. The molecule has 2 heterocycles. The smallest absolute Gasteiger partial charge is 0.306 e. The molecule has 0 bridgehead atoms. The molecule has 16 heteroatoms. The second kappa shape index (κ2) is 11.2. The standard InChI is InChI=1S/C30H24F6N6O4/c1-27(2)23(43)41(19-9-7-17(15-37)21(13-19)29(31,32)33)25(45)39(27)11-5-6-12-40-26(46)42(24(44)28(40,3)4)20-10-8-18(16-38)22(14-20)30(34,35)36/h5-10,13-14H,11-12H2,1-4H3/b6-5-. The van der Waals surface area contributed by atoms with E-state index in [0.29, 0.717) is 21.9 Å². The fraction of sp³-hybridized carbons (Fsp3) is 0.333. The monoisotopic (exact) mass is 646 g/mol. The van der Waals surface area contributed by atoms with E-state index >= 15 is 0 Å². The van der Waals surface area contributed by atoms with E-state index in [4.69, 9.17) is 10.5 Å². The summed E-state index contributed by atoms with van der Waals surface area (Å²) in [6, 6.07) is 5.85. The molecule has 2 fully saturated rings. The van der Waals surface area contributed by atoms with E-state index in [1.54, 1.807) is 0 Å². The number of hydrogen-bond acceptors (Lipinski definition) is 6. The Bertz CT molecular complexity index is 1640.